The Morgan fingerprint density at radius 1 is 0.759 bits per heavy atom. The van der Waals surface area contributed by atoms with Gasteiger partial charge in [0.2, 0.25) is 0 Å². The monoisotopic (exact) mass is 396 g/mol. The molecule has 0 aliphatic heterocycles. The maximum Gasteiger partial charge on any atom is 0.197 e. The van der Waals surface area contributed by atoms with E-state index in [0.717, 1.165) is 38.0 Å². The first-order chi connectivity index (χ1) is 14.3. The summed E-state index contributed by atoms with van der Waals surface area (Å²) in [6.45, 7) is 0. The summed E-state index contributed by atoms with van der Waals surface area (Å²) < 4.78 is 1.99. The van der Waals surface area contributed by atoms with Gasteiger partial charge in [-0.2, -0.15) is 0 Å². The smallest absolute Gasteiger partial charge is 0.197 e. The molecule has 6 nitrogen and oxygen atoms in total. The van der Waals surface area contributed by atoms with E-state index >= 15 is 0 Å². The van der Waals surface area contributed by atoms with Crippen molar-refractivity contribution in [2.75, 3.05) is 0 Å². The third-order valence-electron chi connectivity index (χ3n) is 4.56. The third kappa shape index (κ3) is 3.36. The summed E-state index contributed by atoms with van der Waals surface area (Å²) in [4.78, 5) is 13.6. The van der Waals surface area contributed by atoms with Crippen molar-refractivity contribution < 1.29 is 0 Å². The predicted octanol–water partition coefficient (Wildman–Crippen LogP) is 4.64. The van der Waals surface area contributed by atoms with Crippen molar-refractivity contribution in [3.8, 4) is 22.8 Å². The van der Waals surface area contributed by atoms with Crippen LogP contribution in [0.25, 0.3) is 33.7 Å². The van der Waals surface area contributed by atoms with Crippen LogP contribution in [0, 0.1) is 0 Å². The first kappa shape index (κ1) is 17.5. The summed E-state index contributed by atoms with van der Waals surface area (Å²) in [6, 6.07) is 21.9. The Bertz CT molecular complexity index is 1280. The fraction of sp³-hybridized carbons (Fsp3) is 0.0455. The Morgan fingerprint density at radius 2 is 1.52 bits per heavy atom. The fourth-order valence-corrected chi connectivity index (χ4v) is 3.98. The second-order valence-electron chi connectivity index (χ2n) is 6.44. The highest BCUT2D eigenvalue weighted by Gasteiger charge is 2.16. The second-order valence-corrected chi connectivity index (χ2v) is 7.39. The van der Waals surface area contributed by atoms with E-state index in [-0.39, 0.29) is 0 Å². The maximum absolute atomic E-state index is 4.83. The lowest BCUT2D eigenvalue weighted by Crippen LogP contribution is -1.97. The van der Waals surface area contributed by atoms with E-state index < -0.39 is 0 Å². The van der Waals surface area contributed by atoms with Crippen molar-refractivity contribution in [3.05, 3.63) is 79.1 Å². The highest BCUT2D eigenvalue weighted by molar-refractivity contribution is 7.99. The van der Waals surface area contributed by atoms with Crippen molar-refractivity contribution >= 4 is 22.7 Å². The molecule has 29 heavy (non-hydrogen) atoms. The minimum Gasteiger partial charge on any atom is -0.305 e. The van der Waals surface area contributed by atoms with E-state index in [1.807, 2.05) is 78.3 Å². The molecule has 0 radical (unpaired) electrons. The molecule has 0 aliphatic carbocycles. The molecule has 2 aromatic carbocycles. The molecule has 5 aromatic rings. The average molecular weight is 396 g/mol. The van der Waals surface area contributed by atoms with Crippen LogP contribution in [-0.2, 0) is 7.05 Å². The molecule has 0 saturated heterocycles. The number of pyridine rings is 1. The lowest BCUT2D eigenvalue weighted by atomic mass is 10.2. The largest absolute Gasteiger partial charge is 0.305 e. The first-order valence-corrected chi connectivity index (χ1v) is 9.91. The molecule has 0 saturated carbocycles. The number of hydrogen-bond donors (Lipinski definition) is 0. The molecule has 0 bridgehead atoms. The van der Waals surface area contributed by atoms with E-state index in [2.05, 4.69) is 15.2 Å². The quantitative estimate of drug-likeness (QED) is 0.412. The predicted molar refractivity (Wildman–Crippen MR) is 113 cm³/mol. The Hall–Kier alpha value is -3.58. The number of rotatable bonds is 4. The van der Waals surface area contributed by atoms with Crippen molar-refractivity contribution in [1.29, 1.82) is 0 Å². The van der Waals surface area contributed by atoms with Crippen molar-refractivity contribution in [2.24, 2.45) is 7.05 Å². The number of para-hydroxylation sites is 1. The van der Waals surface area contributed by atoms with E-state index in [4.69, 9.17) is 9.97 Å². The van der Waals surface area contributed by atoms with Crippen LogP contribution in [0.4, 0.5) is 0 Å². The SMILES string of the molecule is Cn1c(Sc2nc(-c3ccncc3)nc3ccccc23)nnc1-c1ccccc1. The van der Waals surface area contributed by atoms with Gasteiger partial charge in [-0.25, -0.2) is 9.97 Å². The van der Waals surface area contributed by atoms with Gasteiger partial charge in [0.15, 0.2) is 16.8 Å². The number of aromatic nitrogens is 6. The van der Waals surface area contributed by atoms with Crippen LogP contribution in [0.5, 0.6) is 0 Å². The third-order valence-corrected chi connectivity index (χ3v) is 5.60. The first-order valence-electron chi connectivity index (χ1n) is 9.09. The van der Waals surface area contributed by atoms with Crippen molar-refractivity contribution in [3.63, 3.8) is 0 Å². The van der Waals surface area contributed by atoms with Crippen LogP contribution in [0.15, 0.2) is 89.3 Å². The summed E-state index contributed by atoms with van der Waals surface area (Å²) in [5.41, 5.74) is 2.84. The van der Waals surface area contributed by atoms with E-state index in [1.165, 1.54) is 11.8 Å². The van der Waals surface area contributed by atoms with Crippen LogP contribution in [0.1, 0.15) is 0 Å². The molecule has 0 spiro atoms. The Labute approximate surface area is 171 Å². The second kappa shape index (κ2) is 7.44. The Balaban J connectivity index is 1.60. The van der Waals surface area contributed by atoms with Gasteiger partial charge >= 0.3 is 0 Å². The summed E-state index contributed by atoms with van der Waals surface area (Å²) in [6.07, 6.45) is 3.49. The molecule has 0 N–H and O–H groups in total. The zero-order valence-electron chi connectivity index (χ0n) is 15.6. The van der Waals surface area contributed by atoms with Gasteiger partial charge < -0.3 is 4.57 Å². The number of nitrogens with zero attached hydrogens (tertiary/aromatic N) is 6. The van der Waals surface area contributed by atoms with E-state index in [9.17, 15) is 0 Å². The van der Waals surface area contributed by atoms with Gasteiger partial charge in [-0.05, 0) is 30.0 Å². The minimum atomic E-state index is 0.666. The zero-order chi connectivity index (χ0) is 19.6. The summed E-state index contributed by atoms with van der Waals surface area (Å²) in [7, 11) is 1.97. The number of hydrogen-bond acceptors (Lipinski definition) is 6. The molecule has 5 rings (SSSR count). The van der Waals surface area contributed by atoms with Crippen LogP contribution in [0.3, 0.4) is 0 Å². The minimum absolute atomic E-state index is 0.666. The van der Waals surface area contributed by atoms with Crippen molar-refractivity contribution in [1.82, 2.24) is 29.7 Å². The summed E-state index contributed by atoms with van der Waals surface area (Å²) in [5, 5.41) is 11.4. The van der Waals surface area contributed by atoms with Gasteiger partial charge in [-0.15, -0.1) is 10.2 Å². The molecule has 0 amide bonds. The molecular formula is C22H16N6S. The van der Waals surface area contributed by atoms with Crippen LogP contribution in [-0.4, -0.2) is 29.7 Å². The average Bonchev–Trinajstić information content (AvgIpc) is 3.15. The maximum atomic E-state index is 4.83. The van der Waals surface area contributed by atoms with Crippen LogP contribution < -0.4 is 0 Å². The lowest BCUT2D eigenvalue weighted by Gasteiger charge is -2.08. The van der Waals surface area contributed by atoms with E-state index in [1.54, 1.807) is 12.4 Å². The van der Waals surface area contributed by atoms with Crippen molar-refractivity contribution in [2.45, 2.75) is 10.2 Å². The highest BCUT2D eigenvalue weighted by Crippen LogP contribution is 2.33. The standard InChI is InChI=1S/C22H16N6S/c1-28-20(16-7-3-2-4-8-16)26-27-22(28)29-21-17-9-5-6-10-18(17)24-19(25-21)15-11-13-23-14-12-15/h2-14H,1H3. The number of benzene rings is 2. The van der Waals surface area contributed by atoms with Gasteiger partial charge in [-0.3, -0.25) is 4.98 Å². The zero-order valence-corrected chi connectivity index (χ0v) is 16.4. The summed E-state index contributed by atoms with van der Waals surface area (Å²) >= 11 is 1.49. The molecule has 0 atom stereocenters. The molecule has 3 aromatic heterocycles. The van der Waals surface area contributed by atoms with Gasteiger partial charge in [-0.1, -0.05) is 48.5 Å². The van der Waals surface area contributed by atoms with Crippen LogP contribution in [0.2, 0.25) is 0 Å². The molecule has 3 heterocycles. The van der Waals surface area contributed by atoms with Gasteiger partial charge in [0.25, 0.3) is 0 Å². The van der Waals surface area contributed by atoms with Gasteiger partial charge in [0.05, 0.1) is 5.52 Å². The lowest BCUT2D eigenvalue weighted by molar-refractivity contribution is 0.793. The number of fused-ring (bicyclic) bond motifs is 1. The Kier molecular flexibility index (Phi) is 4.50. The highest BCUT2D eigenvalue weighted by atomic mass is 32.2. The topological polar surface area (TPSA) is 69.4 Å². The molecule has 0 fully saturated rings. The Morgan fingerprint density at radius 3 is 2.34 bits per heavy atom. The van der Waals surface area contributed by atoms with Crippen LogP contribution >= 0.6 is 11.8 Å². The normalized spacial score (nSPS) is 11.1. The molecular weight excluding hydrogens is 380 g/mol. The molecule has 0 aliphatic rings. The summed E-state index contributed by atoms with van der Waals surface area (Å²) in [5.74, 6) is 1.49. The molecule has 7 heteroatoms. The van der Waals surface area contributed by atoms with Gasteiger partial charge in [0.1, 0.15) is 5.03 Å². The fourth-order valence-electron chi connectivity index (χ4n) is 3.08. The van der Waals surface area contributed by atoms with E-state index in [0.29, 0.717) is 5.82 Å². The van der Waals surface area contributed by atoms with Gasteiger partial charge in [0, 0.05) is 36.0 Å². The molecule has 140 valence electrons. The molecule has 0 unspecified atom stereocenters.